The van der Waals surface area contributed by atoms with E-state index in [4.69, 9.17) is 0 Å². The Kier molecular flexibility index (Phi) is 2.40. The standard InChI is InChI=1S/C13H13N3O/c17-15-13-11-4-2-1-3-10(11)5-6-12(13)16-8-7-14-9-16/h1-4,7-9,12,17H,5-6H2/b15-13-. The van der Waals surface area contributed by atoms with Gasteiger partial charge in [0.2, 0.25) is 0 Å². The van der Waals surface area contributed by atoms with Crippen LogP contribution in [0, 0.1) is 0 Å². The van der Waals surface area contributed by atoms with Crippen molar-refractivity contribution in [2.75, 3.05) is 0 Å². The summed E-state index contributed by atoms with van der Waals surface area (Å²) in [4.78, 5) is 4.05. The molecule has 1 N–H and O–H groups in total. The Hall–Kier alpha value is -2.10. The molecule has 0 spiro atoms. The van der Waals surface area contributed by atoms with E-state index in [1.165, 1.54) is 5.56 Å². The average molecular weight is 227 g/mol. The van der Waals surface area contributed by atoms with Crippen LogP contribution in [0.3, 0.4) is 0 Å². The summed E-state index contributed by atoms with van der Waals surface area (Å²) < 4.78 is 1.99. The highest BCUT2D eigenvalue weighted by atomic mass is 16.4. The van der Waals surface area contributed by atoms with Crippen LogP contribution in [0.1, 0.15) is 23.6 Å². The van der Waals surface area contributed by atoms with E-state index >= 15 is 0 Å². The highest BCUT2D eigenvalue weighted by Crippen LogP contribution is 2.29. The molecule has 3 rings (SSSR count). The molecule has 0 radical (unpaired) electrons. The molecule has 1 atom stereocenters. The summed E-state index contributed by atoms with van der Waals surface area (Å²) in [5.74, 6) is 0. The molecule has 1 aromatic heterocycles. The number of benzene rings is 1. The minimum absolute atomic E-state index is 0.0809. The lowest BCUT2D eigenvalue weighted by Crippen LogP contribution is -2.25. The Morgan fingerprint density at radius 2 is 2.24 bits per heavy atom. The van der Waals surface area contributed by atoms with Crippen LogP contribution in [0.25, 0.3) is 0 Å². The molecular formula is C13H13N3O. The van der Waals surface area contributed by atoms with Gasteiger partial charge in [0, 0.05) is 18.0 Å². The number of oxime groups is 1. The fraction of sp³-hybridized carbons (Fsp3) is 0.231. The SMILES string of the molecule is O/N=C1/c2ccccc2CCC1n1ccnc1. The molecule has 1 aliphatic rings. The molecule has 0 saturated carbocycles. The van der Waals surface area contributed by atoms with Crippen LogP contribution in [-0.2, 0) is 6.42 Å². The fourth-order valence-corrected chi connectivity index (χ4v) is 2.46. The number of nitrogens with zero attached hydrogens (tertiary/aromatic N) is 3. The van der Waals surface area contributed by atoms with E-state index in [1.54, 1.807) is 12.5 Å². The Balaban J connectivity index is 2.07. The number of rotatable bonds is 1. The molecule has 0 bridgehead atoms. The summed E-state index contributed by atoms with van der Waals surface area (Å²) in [6.07, 6.45) is 7.36. The van der Waals surface area contributed by atoms with E-state index in [-0.39, 0.29) is 6.04 Å². The first-order valence-electron chi connectivity index (χ1n) is 5.68. The highest BCUT2D eigenvalue weighted by molar-refractivity contribution is 6.05. The predicted molar refractivity (Wildman–Crippen MR) is 64.4 cm³/mol. The number of fused-ring (bicyclic) bond motifs is 1. The van der Waals surface area contributed by atoms with Crippen molar-refractivity contribution in [2.24, 2.45) is 5.16 Å². The number of aryl methyl sites for hydroxylation is 1. The topological polar surface area (TPSA) is 50.4 Å². The Bertz CT molecular complexity index is 546. The number of aromatic nitrogens is 2. The molecule has 0 saturated heterocycles. The molecule has 4 nitrogen and oxygen atoms in total. The molecule has 1 aromatic carbocycles. The summed E-state index contributed by atoms with van der Waals surface area (Å²) in [5, 5.41) is 12.8. The van der Waals surface area contributed by atoms with Gasteiger partial charge in [-0.1, -0.05) is 29.4 Å². The van der Waals surface area contributed by atoms with Crippen molar-refractivity contribution >= 4 is 5.71 Å². The minimum atomic E-state index is 0.0809. The largest absolute Gasteiger partial charge is 0.411 e. The average Bonchev–Trinajstić information content (AvgIpc) is 2.91. The third-order valence-corrected chi connectivity index (χ3v) is 3.29. The van der Waals surface area contributed by atoms with Crippen molar-refractivity contribution in [1.82, 2.24) is 9.55 Å². The second kappa shape index (κ2) is 4.05. The van der Waals surface area contributed by atoms with Gasteiger partial charge in [-0.3, -0.25) is 0 Å². The minimum Gasteiger partial charge on any atom is -0.411 e. The van der Waals surface area contributed by atoms with Crippen LogP contribution in [0.5, 0.6) is 0 Å². The van der Waals surface area contributed by atoms with Gasteiger partial charge in [0.25, 0.3) is 0 Å². The second-order valence-electron chi connectivity index (χ2n) is 4.21. The lowest BCUT2D eigenvalue weighted by atomic mass is 9.86. The van der Waals surface area contributed by atoms with E-state index in [2.05, 4.69) is 16.2 Å². The van der Waals surface area contributed by atoms with Crippen molar-refractivity contribution in [3.8, 4) is 0 Å². The highest BCUT2D eigenvalue weighted by Gasteiger charge is 2.26. The van der Waals surface area contributed by atoms with Crippen molar-refractivity contribution in [2.45, 2.75) is 18.9 Å². The van der Waals surface area contributed by atoms with E-state index in [0.29, 0.717) is 0 Å². The van der Waals surface area contributed by atoms with Gasteiger partial charge < -0.3 is 9.77 Å². The maximum absolute atomic E-state index is 9.26. The monoisotopic (exact) mass is 227 g/mol. The Morgan fingerprint density at radius 1 is 1.35 bits per heavy atom. The van der Waals surface area contributed by atoms with E-state index < -0.39 is 0 Å². The smallest absolute Gasteiger partial charge is 0.110 e. The first-order valence-corrected chi connectivity index (χ1v) is 5.68. The molecule has 86 valence electrons. The van der Waals surface area contributed by atoms with Crippen molar-refractivity contribution in [3.05, 3.63) is 54.1 Å². The number of imidazole rings is 1. The molecule has 0 aliphatic heterocycles. The Morgan fingerprint density at radius 3 is 3.00 bits per heavy atom. The predicted octanol–water partition coefficient (Wildman–Crippen LogP) is 2.25. The maximum atomic E-state index is 9.26. The summed E-state index contributed by atoms with van der Waals surface area (Å²) in [6, 6.07) is 8.17. The van der Waals surface area contributed by atoms with Crippen LogP contribution in [0.2, 0.25) is 0 Å². The molecule has 4 heteroatoms. The van der Waals surface area contributed by atoms with Gasteiger partial charge in [0.05, 0.1) is 12.4 Å². The van der Waals surface area contributed by atoms with Gasteiger partial charge in [0.1, 0.15) is 5.71 Å². The normalized spacial score (nSPS) is 21.4. The molecule has 1 heterocycles. The van der Waals surface area contributed by atoms with Crippen molar-refractivity contribution < 1.29 is 5.21 Å². The second-order valence-corrected chi connectivity index (χ2v) is 4.21. The van der Waals surface area contributed by atoms with Gasteiger partial charge in [-0.05, 0) is 18.4 Å². The van der Waals surface area contributed by atoms with Crippen LogP contribution in [-0.4, -0.2) is 20.5 Å². The van der Waals surface area contributed by atoms with Gasteiger partial charge >= 0.3 is 0 Å². The molecule has 2 aromatic rings. The van der Waals surface area contributed by atoms with Crippen LogP contribution in [0.15, 0.2) is 48.1 Å². The lowest BCUT2D eigenvalue weighted by Gasteiger charge is -2.26. The van der Waals surface area contributed by atoms with Crippen LogP contribution >= 0.6 is 0 Å². The van der Waals surface area contributed by atoms with E-state index in [1.807, 2.05) is 29.0 Å². The number of hydrogen-bond acceptors (Lipinski definition) is 3. The van der Waals surface area contributed by atoms with Gasteiger partial charge in [-0.15, -0.1) is 0 Å². The van der Waals surface area contributed by atoms with Gasteiger partial charge in [-0.25, -0.2) is 4.98 Å². The zero-order valence-electron chi connectivity index (χ0n) is 9.32. The zero-order valence-corrected chi connectivity index (χ0v) is 9.32. The summed E-state index contributed by atoms with van der Waals surface area (Å²) in [6.45, 7) is 0. The van der Waals surface area contributed by atoms with Crippen molar-refractivity contribution in [3.63, 3.8) is 0 Å². The lowest BCUT2D eigenvalue weighted by molar-refractivity contribution is 0.313. The number of hydrogen-bond donors (Lipinski definition) is 1. The quantitative estimate of drug-likeness (QED) is 0.600. The first-order chi connectivity index (χ1) is 8.40. The van der Waals surface area contributed by atoms with Gasteiger partial charge in [0.15, 0.2) is 0 Å². The third-order valence-electron chi connectivity index (χ3n) is 3.29. The van der Waals surface area contributed by atoms with Crippen LogP contribution < -0.4 is 0 Å². The molecule has 0 fully saturated rings. The van der Waals surface area contributed by atoms with Crippen LogP contribution in [0.4, 0.5) is 0 Å². The first kappa shape index (κ1) is 10.1. The van der Waals surface area contributed by atoms with E-state index in [0.717, 1.165) is 24.1 Å². The third kappa shape index (κ3) is 1.62. The molecule has 1 aliphatic carbocycles. The Labute approximate surface area is 99.2 Å². The molecule has 1 unspecified atom stereocenters. The van der Waals surface area contributed by atoms with Gasteiger partial charge in [-0.2, -0.15) is 0 Å². The zero-order chi connectivity index (χ0) is 11.7. The molecular weight excluding hydrogens is 214 g/mol. The maximum Gasteiger partial charge on any atom is 0.110 e. The summed E-state index contributed by atoms with van der Waals surface area (Å²) in [5.41, 5.74) is 3.02. The van der Waals surface area contributed by atoms with Crippen molar-refractivity contribution in [1.29, 1.82) is 0 Å². The molecule has 0 amide bonds. The summed E-state index contributed by atoms with van der Waals surface area (Å²) >= 11 is 0. The van der Waals surface area contributed by atoms with E-state index in [9.17, 15) is 5.21 Å². The summed E-state index contributed by atoms with van der Waals surface area (Å²) in [7, 11) is 0. The fourth-order valence-electron chi connectivity index (χ4n) is 2.46. The molecule has 17 heavy (non-hydrogen) atoms.